The molecule has 1 atom stereocenters. The summed E-state index contributed by atoms with van der Waals surface area (Å²) in [6.07, 6.45) is 8.04. The zero-order valence-corrected chi connectivity index (χ0v) is 9.85. The summed E-state index contributed by atoms with van der Waals surface area (Å²) in [6.45, 7) is 1.17. The van der Waals surface area contributed by atoms with E-state index in [1.165, 1.54) is 55.8 Å². The summed E-state index contributed by atoms with van der Waals surface area (Å²) < 4.78 is 0. The van der Waals surface area contributed by atoms with Gasteiger partial charge in [-0.2, -0.15) is 0 Å². The Hall–Kier alpha value is -0.410. The molecule has 1 saturated carbocycles. The summed E-state index contributed by atoms with van der Waals surface area (Å²) in [5, 5.41) is 7.19. The van der Waals surface area contributed by atoms with E-state index in [-0.39, 0.29) is 0 Å². The van der Waals surface area contributed by atoms with Gasteiger partial charge in [-0.15, -0.1) is 11.3 Å². The number of nitrogens with zero attached hydrogens (tertiary/aromatic N) is 1. The molecule has 3 heteroatoms. The molecule has 3 rings (SSSR count). The fraction of sp³-hybridized carbons (Fsp3) is 0.750. The molecule has 15 heavy (non-hydrogen) atoms. The van der Waals surface area contributed by atoms with Gasteiger partial charge >= 0.3 is 0 Å². The van der Waals surface area contributed by atoms with Gasteiger partial charge < -0.3 is 5.32 Å². The third-order valence-corrected chi connectivity index (χ3v) is 4.29. The lowest BCUT2D eigenvalue weighted by atomic mass is 10.0. The van der Waals surface area contributed by atoms with Crippen LogP contribution in [0.5, 0.6) is 0 Å². The first kappa shape index (κ1) is 9.79. The van der Waals surface area contributed by atoms with Crippen LogP contribution < -0.4 is 5.32 Å². The maximum Gasteiger partial charge on any atom is 0.0931 e. The minimum Gasteiger partial charge on any atom is -0.309 e. The van der Waals surface area contributed by atoms with Crippen LogP contribution in [0.2, 0.25) is 0 Å². The molecule has 0 amide bonds. The molecule has 0 spiro atoms. The van der Waals surface area contributed by atoms with Crippen LogP contribution in [-0.2, 0) is 6.42 Å². The quantitative estimate of drug-likeness (QED) is 0.850. The number of hydrogen-bond donors (Lipinski definition) is 1. The summed E-state index contributed by atoms with van der Waals surface area (Å²) in [4.78, 5) is 4.77. The van der Waals surface area contributed by atoms with E-state index in [1.54, 1.807) is 0 Å². The molecule has 2 nitrogen and oxygen atoms in total. The number of rotatable bonds is 3. The van der Waals surface area contributed by atoms with E-state index in [4.69, 9.17) is 4.98 Å². The first-order valence-corrected chi connectivity index (χ1v) is 6.97. The lowest BCUT2D eigenvalue weighted by Gasteiger charge is -2.21. The first-order valence-electron chi connectivity index (χ1n) is 6.09. The van der Waals surface area contributed by atoms with Gasteiger partial charge in [0.25, 0.3) is 0 Å². The highest BCUT2D eigenvalue weighted by atomic mass is 32.1. The fourth-order valence-corrected chi connectivity index (χ4v) is 3.22. The molecular weight excluding hydrogens is 204 g/mol. The molecule has 0 radical (unpaired) electrons. The van der Waals surface area contributed by atoms with E-state index >= 15 is 0 Å². The SMILES string of the molecule is c1sc(CC2CC2)nc1C1CCCCN1. The Balaban J connectivity index is 1.65. The van der Waals surface area contributed by atoms with Gasteiger partial charge in [-0.25, -0.2) is 4.98 Å². The van der Waals surface area contributed by atoms with Crippen molar-refractivity contribution in [3.8, 4) is 0 Å². The Morgan fingerprint density at radius 1 is 1.33 bits per heavy atom. The molecule has 1 unspecified atom stereocenters. The second-order valence-corrected chi connectivity index (χ2v) is 5.76. The second kappa shape index (κ2) is 4.22. The minimum absolute atomic E-state index is 0.544. The molecule has 2 heterocycles. The van der Waals surface area contributed by atoms with E-state index < -0.39 is 0 Å². The lowest BCUT2D eigenvalue weighted by molar-refractivity contribution is 0.406. The normalized spacial score (nSPS) is 26.8. The Labute approximate surface area is 95.1 Å². The average molecular weight is 222 g/mol. The first-order chi connectivity index (χ1) is 7.42. The van der Waals surface area contributed by atoms with Crippen molar-refractivity contribution in [1.82, 2.24) is 10.3 Å². The topological polar surface area (TPSA) is 24.9 Å². The molecule has 0 aromatic carbocycles. The number of hydrogen-bond acceptors (Lipinski definition) is 3. The highest BCUT2D eigenvalue weighted by molar-refractivity contribution is 7.09. The summed E-state index contributed by atoms with van der Waals surface area (Å²) in [5.41, 5.74) is 1.30. The van der Waals surface area contributed by atoms with Crippen molar-refractivity contribution in [1.29, 1.82) is 0 Å². The van der Waals surface area contributed by atoms with Crippen LogP contribution >= 0.6 is 11.3 Å². The maximum absolute atomic E-state index is 4.77. The van der Waals surface area contributed by atoms with Crippen molar-refractivity contribution in [3.63, 3.8) is 0 Å². The predicted octanol–water partition coefficient (Wildman–Crippen LogP) is 2.91. The van der Waals surface area contributed by atoms with Gasteiger partial charge in [0.1, 0.15) is 0 Å². The van der Waals surface area contributed by atoms with Gasteiger partial charge in [0.2, 0.25) is 0 Å². The Morgan fingerprint density at radius 3 is 3.00 bits per heavy atom. The van der Waals surface area contributed by atoms with Gasteiger partial charge in [-0.1, -0.05) is 6.42 Å². The molecule has 0 bridgehead atoms. The maximum atomic E-state index is 4.77. The average Bonchev–Trinajstić information content (AvgIpc) is 2.96. The molecule has 1 saturated heterocycles. The van der Waals surface area contributed by atoms with Crippen molar-refractivity contribution in [2.75, 3.05) is 6.54 Å². The number of piperidine rings is 1. The van der Waals surface area contributed by atoms with Gasteiger partial charge in [-0.3, -0.25) is 0 Å². The van der Waals surface area contributed by atoms with Crippen molar-refractivity contribution in [2.45, 2.75) is 44.6 Å². The smallest absolute Gasteiger partial charge is 0.0931 e. The number of aromatic nitrogens is 1. The largest absolute Gasteiger partial charge is 0.309 e. The van der Waals surface area contributed by atoms with Gasteiger partial charge in [-0.05, 0) is 38.1 Å². The highest BCUT2D eigenvalue weighted by Gasteiger charge is 2.24. The Kier molecular flexibility index (Phi) is 2.76. The molecule has 1 aromatic rings. The van der Waals surface area contributed by atoms with E-state index in [0.29, 0.717) is 6.04 Å². The summed E-state index contributed by atoms with van der Waals surface area (Å²) >= 11 is 1.86. The summed E-state index contributed by atoms with van der Waals surface area (Å²) in [6, 6.07) is 0.544. The van der Waals surface area contributed by atoms with E-state index in [9.17, 15) is 0 Å². The minimum atomic E-state index is 0.544. The summed E-state index contributed by atoms with van der Waals surface area (Å²) in [7, 11) is 0. The van der Waals surface area contributed by atoms with Crippen molar-refractivity contribution >= 4 is 11.3 Å². The number of thiazole rings is 1. The molecule has 1 N–H and O–H groups in total. The molecule has 1 aromatic heterocycles. The molecule has 1 aliphatic carbocycles. The van der Waals surface area contributed by atoms with Crippen molar-refractivity contribution in [3.05, 3.63) is 16.1 Å². The van der Waals surface area contributed by atoms with Crippen LogP contribution in [0, 0.1) is 5.92 Å². The highest BCUT2D eigenvalue weighted by Crippen LogP contribution is 2.34. The standard InChI is InChI=1S/C12H18N2S/c1-2-6-13-10(3-1)11-8-15-12(14-11)7-9-4-5-9/h8-10,13H,1-7H2. The third kappa shape index (κ3) is 2.40. The van der Waals surface area contributed by atoms with Crippen LogP contribution in [0.4, 0.5) is 0 Å². The van der Waals surface area contributed by atoms with Crippen molar-refractivity contribution in [2.24, 2.45) is 5.92 Å². The van der Waals surface area contributed by atoms with Gasteiger partial charge in [0.05, 0.1) is 16.7 Å². The number of nitrogens with one attached hydrogen (secondary N) is 1. The molecule has 2 fully saturated rings. The second-order valence-electron chi connectivity index (χ2n) is 4.82. The van der Waals surface area contributed by atoms with E-state index in [1.807, 2.05) is 11.3 Å². The van der Waals surface area contributed by atoms with Crippen LogP contribution in [0.3, 0.4) is 0 Å². The predicted molar refractivity (Wildman–Crippen MR) is 63.1 cm³/mol. The third-order valence-electron chi connectivity index (χ3n) is 3.40. The van der Waals surface area contributed by atoms with E-state index in [0.717, 1.165) is 5.92 Å². The van der Waals surface area contributed by atoms with Crippen LogP contribution in [0.15, 0.2) is 5.38 Å². The molecule has 2 aliphatic rings. The lowest BCUT2D eigenvalue weighted by Crippen LogP contribution is -2.26. The van der Waals surface area contributed by atoms with E-state index in [2.05, 4.69) is 10.7 Å². The summed E-state index contributed by atoms with van der Waals surface area (Å²) in [5.74, 6) is 0.961. The molecular formula is C12H18N2S. The zero-order valence-electron chi connectivity index (χ0n) is 9.04. The van der Waals surface area contributed by atoms with Crippen LogP contribution in [0.25, 0.3) is 0 Å². The molecule has 1 aliphatic heterocycles. The molecule has 82 valence electrons. The van der Waals surface area contributed by atoms with Crippen LogP contribution in [-0.4, -0.2) is 11.5 Å². The van der Waals surface area contributed by atoms with Gasteiger partial charge in [0.15, 0.2) is 0 Å². The van der Waals surface area contributed by atoms with Gasteiger partial charge in [0, 0.05) is 11.8 Å². The fourth-order valence-electron chi connectivity index (χ4n) is 2.25. The van der Waals surface area contributed by atoms with Crippen molar-refractivity contribution < 1.29 is 0 Å². The zero-order chi connectivity index (χ0) is 10.1. The monoisotopic (exact) mass is 222 g/mol. The Bertz CT molecular complexity index is 324. The Morgan fingerprint density at radius 2 is 2.27 bits per heavy atom. The van der Waals surface area contributed by atoms with Crippen LogP contribution in [0.1, 0.15) is 48.8 Å².